The first-order valence-corrected chi connectivity index (χ1v) is 12.9. The molecule has 4 rings (SSSR count). The van der Waals surface area contributed by atoms with Crippen LogP contribution in [0.15, 0.2) is 77.7 Å². The highest BCUT2D eigenvalue weighted by Crippen LogP contribution is 2.41. The first-order valence-electron chi connectivity index (χ1n) is 11.4. The number of rotatable bonds is 8. The van der Waals surface area contributed by atoms with E-state index in [0.29, 0.717) is 24.8 Å². The molecule has 1 aliphatic rings. The van der Waals surface area contributed by atoms with E-state index < -0.39 is 16.0 Å². The SMILES string of the molecule is Cc1ccc(O)c([C@@H]2CN(S(=O)(=O)c3cccc4ccccc34)C[C@@H]2CC=CCCC(=O)O)c1. The quantitative estimate of drug-likeness (QED) is 0.440. The summed E-state index contributed by atoms with van der Waals surface area (Å²) in [4.78, 5) is 11.1. The van der Waals surface area contributed by atoms with Crippen LogP contribution in [0, 0.1) is 12.8 Å². The minimum absolute atomic E-state index is 0.0430. The van der Waals surface area contributed by atoms with Crippen LogP contribution in [0.2, 0.25) is 0 Å². The zero-order valence-electron chi connectivity index (χ0n) is 19.1. The van der Waals surface area contributed by atoms with Gasteiger partial charge in [-0.25, -0.2) is 8.42 Å². The summed E-state index contributed by atoms with van der Waals surface area (Å²) in [5, 5.41) is 21.0. The Morgan fingerprint density at radius 3 is 2.62 bits per heavy atom. The lowest BCUT2D eigenvalue weighted by atomic mass is 9.85. The Bertz CT molecular complexity index is 1330. The molecule has 0 amide bonds. The Morgan fingerprint density at radius 2 is 1.82 bits per heavy atom. The molecule has 2 N–H and O–H groups in total. The molecule has 178 valence electrons. The molecule has 1 saturated heterocycles. The lowest BCUT2D eigenvalue weighted by molar-refractivity contribution is -0.136. The molecule has 3 aromatic carbocycles. The van der Waals surface area contributed by atoms with Gasteiger partial charge in [-0.1, -0.05) is 66.2 Å². The molecule has 2 atom stereocenters. The molecule has 1 heterocycles. The van der Waals surface area contributed by atoms with Gasteiger partial charge in [-0.2, -0.15) is 4.31 Å². The van der Waals surface area contributed by atoms with Gasteiger partial charge in [-0.3, -0.25) is 4.79 Å². The average Bonchev–Trinajstić information content (AvgIpc) is 3.24. The first kappa shape index (κ1) is 24.0. The molecule has 0 bridgehead atoms. The normalized spacial score (nSPS) is 19.2. The van der Waals surface area contributed by atoms with Gasteiger partial charge >= 0.3 is 5.97 Å². The molecule has 0 unspecified atom stereocenters. The number of carbonyl (C=O) groups is 1. The first-order chi connectivity index (χ1) is 16.3. The number of aromatic hydroxyl groups is 1. The zero-order valence-corrected chi connectivity index (χ0v) is 19.9. The predicted molar refractivity (Wildman–Crippen MR) is 132 cm³/mol. The number of carboxylic acids is 1. The van der Waals surface area contributed by atoms with Crippen LogP contribution in [0.4, 0.5) is 0 Å². The van der Waals surface area contributed by atoms with Crippen LogP contribution in [-0.4, -0.2) is 42.0 Å². The number of phenolic OH excluding ortho intramolecular Hbond substituents is 1. The van der Waals surface area contributed by atoms with Gasteiger partial charge < -0.3 is 10.2 Å². The van der Waals surface area contributed by atoms with Gasteiger partial charge in [0.15, 0.2) is 0 Å². The molecule has 0 aliphatic carbocycles. The van der Waals surface area contributed by atoms with E-state index in [0.717, 1.165) is 16.5 Å². The third-order valence-corrected chi connectivity index (χ3v) is 8.38. The van der Waals surface area contributed by atoms with Crippen molar-refractivity contribution in [3.8, 4) is 5.75 Å². The number of allylic oxidation sites excluding steroid dienone is 2. The lowest BCUT2D eigenvalue weighted by Gasteiger charge is -2.19. The number of carboxylic acid groups (broad SMARTS) is 1. The van der Waals surface area contributed by atoms with Crippen molar-refractivity contribution in [2.75, 3.05) is 13.1 Å². The second-order valence-corrected chi connectivity index (χ2v) is 10.8. The third-order valence-electron chi connectivity index (χ3n) is 6.49. The topological polar surface area (TPSA) is 94.9 Å². The Hall–Kier alpha value is -3.16. The van der Waals surface area contributed by atoms with E-state index >= 15 is 0 Å². The summed E-state index contributed by atoms with van der Waals surface area (Å²) in [5.41, 5.74) is 1.75. The number of aliphatic carboxylic acids is 1. The fourth-order valence-electron chi connectivity index (χ4n) is 4.75. The molecule has 0 spiro atoms. The van der Waals surface area contributed by atoms with Crippen molar-refractivity contribution < 1.29 is 23.4 Å². The largest absolute Gasteiger partial charge is 0.508 e. The fourth-order valence-corrected chi connectivity index (χ4v) is 6.48. The van der Waals surface area contributed by atoms with Crippen LogP contribution in [0.1, 0.15) is 36.3 Å². The van der Waals surface area contributed by atoms with Crippen molar-refractivity contribution >= 4 is 26.8 Å². The van der Waals surface area contributed by atoms with Gasteiger partial charge in [-0.05, 0) is 48.8 Å². The number of aryl methyl sites for hydroxylation is 1. The molecular formula is C27H29NO5S. The lowest BCUT2D eigenvalue weighted by Crippen LogP contribution is -2.29. The molecular weight excluding hydrogens is 450 g/mol. The molecule has 0 aromatic heterocycles. The second kappa shape index (κ2) is 9.99. The van der Waals surface area contributed by atoms with Crippen molar-refractivity contribution in [2.45, 2.75) is 37.0 Å². The maximum Gasteiger partial charge on any atom is 0.303 e. The van der Waals surface area contributed by atoms with Crippen LogP contribution in [-0.2, 0) is 14.8 Å². The van der Waals surface area contributed by atoms with Crippen LogP contribution < -0.4 is 0 Å². The van der Waals surface area contributed by atoms with E-state index in [1.165, 1.54) is 4.31 Å². The Morgan fingerprint density at radius 1 is 1.06 bits per heavy atom. The maximum absolute atomic E-state index is 13.8. The summed E-state index contributed by atoms with van der Waals surface area (Å²) in [6.45, 7) is 2.55. The Labute approximate surface area is 200 Å². The number of phenols is 1. The number of fused-ring (bicyclic) bond motifs is 1. The number of nitrogens with zero attached hydrogens (tertiary/aromatic N) is 1. The van der Waals surface area contributed by atoms with Gasteiger partial charge in [0.05, 0.1) is 4.90 Å². The van der Waals surface area contributed by atoms with Crippen LogP contribution in [0.3, 0.4) is 0 Å². The molecule has 7 heteroatoms. The molecule has 34 heavy (non-hydrogen) atoms. The summed E-state index contributed by atoms with van der Waals surface area (Å²) in [6, 6.07) is 18.2. The maximum atomic E-state index is 13.8. The standard InChI is InChI=1S/C27H29NO5S/c1-19-14-15-25(29)23(16-19)24-18-28(17-21(24)9-3-2-4-13-27(30)31)34(32,33)26-12-7-10-20-8-5-6-11-22(20)26/h2-3,5-8,10-12,14-16,21,24,29H,4,9,13,17-18H2,1H3,(H,30,31)/t21-,24+/m0/s1. The van der Waals surface area contributed by atoms with Crippen molar-refractivity contribution in [3.63, 3.8) is 0 Å². The molecule has 0 saturated carbocycles. The molecule has 0 radical (unpaired) electrons. The van der Waals surface area contributed by atoms with E-state index in [2.05, 4.69) is 0 Å². The smallest absolute Gasteiger partial charge is 0.303 e. The van der Waals surface area contributed by atoms with Gasteiger partial charge in [0.25, 0.3) is 0 Å². The number of benzene rings is 3. The van der Waals surface area contributed by atoms with Crippen LogP contribution >= 0.6 is 0 Å². The van der Waals surface area contributed by atoms with Gasteiger partial charge in [0.2, 0.25) is 10.0 Å². The van der Waals surface area contributed by atoms with Crippen molar-refractivity contribution in [1.82, 2.24) is 4.31 Å². The zero-order chi connectivity index (χ0) is 24.3. The average molecular weight is 480 g/mol. The van der Waals surface area contributed by atoms with Crippen molar-refractivity contribution in [2.24, 2.45) is 5.92 Å². The monoisotopic (exact) mass is 479 g/mol. The van der Waals surface area contributed by atoms with E-state index in [9.17, 15) is 18.3 Å². The highest BCUT2D eigenvalue weighted by molar-refractivity contribution is 7.89. The summed E-state index contributed by atoms with van der Waals surface area (Å²) in [5.74, 6) is -0.896. The molecule has 3 aromatic rings. The fraction of sp³-hybridized carbons (Fsp3) is 0.296. The summed E-state index contributed by atoms with van der Waals surface area (Å²) in [7, 11) is -3.76. The number of hydrogen-bond donors (Lipinski definition) is 2. The Balaban J connectivity index is 1.66. The van der Waals surface area contributed by atoms with Crippen LogP contribution in [0.5, 0.6) is 5.75 Å². The molecule has 1 fully saturated rings. The van der Waals surface area contributed by atoms with Gasteiger partial charge in [0, 0.05) is 30.8 Å². The molecule has 6 nitrogen and oxygen atoms in total. The van der Waals surface area contributed by atoms with E-state index in [1.54, 1.807) is 18.2 Å². The minimum Gasteiger partial charge on any atom is -0.508 e. The number of hydrogen-bond acceptors (Lipinski definition) is 4. The molecule has 1 aliphatic heterocycles. The van der Waals surface area contributed by atoms with Crippen LogP contribution in [0.25, 0.3) is 10.8 Å². The van der Waals surface area contributed by atoms with E-state index in [-0.39, 0.29) is 35.4 Å². The minimum atomic E-state index is -3.76. The van der Waals surface area contributed by atoms with Gasteiger partial charge in [-0.15, -0.1) is 0 Å². The second-order valence-electron chi connectivity index (χ2n) is 8.87. The third kappa shape index (κ3) is 5.00. The van der Waals surface area contributed by atoms with Gasteiger partial charge in [0.1, 0.15) is 5.75 Å². The number of sulfonamides is 1. The highest BCUT2D eigenvalue weighted by Gasteiger charge is 2.40. The predicted octanol–water partition coefficient (Wildman–Crippen LogP) is 5.07. The Kier molecular flexibility index (Phi) is 7.05. The summed E-state index contributed by atoms with van der Waals surface area (Å²) >= 11 is 0. The summed E-state index contributed by atoms with van der Waals surface area (Å²) < 4.78 is 29.0. The van der Waals surface area contributed by atoms with Crippen molar-refractivity contribution in [1.29, 1.82) is 0 Å². The van der Waals surface area contributed by atoms with E-state index in [1.807, 2.05) is 61.5 Å². The summed E-state index contributed by atoms with van der Waals surface area (Å²) in [6.07, 6.45) is 4.86. The van der Waals surface area contributed by atoms with Crippen molar-refractivity contribution in [3.05, 3.63) is 83.9 Å². The highest BCUT2D eigenvalue weighted by atomic mass is 32.2. The van der Waals surface area contributed by atoms with E-state index in [4.69, 9.17) is 5.11 Å².